The predicted octanol–water partition coefficient (Wildman–Crippen LogP) is 2.35. The van der Waals surface area contributed by atoms with Gasteiger partial charge in [-0.05, 0) is 36.8 Å². The van der Waals surface area contributed by atoms with Gasteiger partial charge in [0.25, 0.3) is 5.91 Å². The van der Waals surface area contributed by atoms with E-state index >= 15 is 0 Å². The van der Waals surface area contributed by atoms with E-state index in [1.165, 1.54) is 0 Å². The number of hydrogen-bond donors (Lipinski definition) is 1. The number of allylic oxidation sites excluding steroid dienone is 3. The summed E-state index contributed by atoms with van der Waals surface area (Å²) in [5.41, 5.74) is 3.17. The van der Waals surface area contributed by atoms with E-state index in [4.69, 9.17) is 4.74 Å². The lowest BCUT2D eigenvalue weighted by Gasteiger charge is -2.25. The normalized spacial score (nSPS) is 20.8. The van der Waals surface area contributed by atoms with Crippen molar-refractivity contribution in [2.45, 2.75) is 13.3 Å². The zero-order chi connectivity index (χ0) is 17.1. The second kappa shape index (κ2) is 6.66. The molecule has 1 aliphatic heterocycles. The van der Waals surface area contributed by atoms with E-state index in [1.54, 1.807) is 19.3 Å². The molecule has 3 rings (SSSR count). The SMILES string of the molecule is COc1ccc(CC(=O)N=C2C=CC3C(C)=CC(=O)NC3=C2)cc1. The Kier molecular flexibility index (Phi) is 4.42. The van der Waals surface area contributed by atoms with Gasteiger partial charge in [-0.25, -0.2) is 4.99 Å². The van der Waals surface area contributed by atoms with Crippen LogP contribution in [0.25, 0.3) is 0 Å². The first-order valence-electron chi connectivity index (χ1n) is 7.68. The molecule has 0 fully saturated rings. The molecule has 1 aromatic rings. The molecule has 0 saturated carbocycles. The molecule has 2 amide bonds. The van der Waals surface area contributed by atoms with Crippen molar-refractivity contribution in [2.24, 2.45) is 10.9 Å². The first-order valence-corrected chi connectivity index (χ1v) is 7.68. The molecule has 0 spiro atoms. The number of nitrogens with zero attached hydrogens (tertiary/aromatic N) is 1. The Labute approximate surface area is 140 Å². The molecule has 1 aromatic carbocycles. The van der Waals surface area contributed by atoms with Gasteiger partial charge in [0.2, 0.25) is 5.91 Å². The Morgan fingerprint density at radius 3 is 2.71 bits per heavy atom. The number of fused-ring (bicyclic) bond motifs is 1. The Bertz CT molecular complexity index is 798. The van der Waals surface area contributed by atoms with Crippen molar-refractivity contribution in [3.63, 3.8) is 0 Å². The number of benzene rings is 1. The average Bonchev–Trinajstić information content (AvgIpc) is 2.55. The molecule has 1 N–H and O–H groups in total. The highest BCUT2D eigenvalue weighted by Crippen LogP contribution is 2.26. The largest absolute Gasteiger partial charge is 0.497 e. The highest BCUT2D eigenvalue weighted by molar-refractivity contribution is 6.11. The van der Waals surface area contributed by atoms with Gasteiger partial charge in [-0.3, -0.25) is 9.59 Å². The first kappa shape index (κ1) is 15.9. The van der Waals surface area contributed by atoms with Gasteiger partial charge in [-0.1, -0.05) is 23.8 Å². The van der Waals surface area contributed by atoms with Crippen molar-refractivity contribution in [3.05, 3.63) is 65.4 Å². The quantitative estimate of drug-likeness (QED) is 0.929. The number of hydrogen-bond acceptors (Lipinski definition) is 3. The Balaban J connectivity index is 1.72. The summed E-state index contributed by atoms with van der Waals surface area (Å²) >= 11 is 0. The Hall–Kier alpha value is -2.95. The van der Waals surface area contributed by atoms with E-state index in [1.807, 2.05) is 43.3 Å². The van der Waals surface area contributed by atoms with Crippen LogP contribution in [0.3, 0.4) is 0 Å². The second-order valence-corrected chi connectivity index (χ2v) is 5.77. The molecule has 122 valence electrons. The standard InChI is InChI=1S/C19H18N2O3/c1-12-9-18(22)21-17-11-14(5-8-16(12)17)20-19(23)10-13-3-6-15(24-2)7-4-13/h3-9,11,16H,10H2,1-2H3,(H,21,22). The third kappa shape index (κ3) is 3.51. The Morgan fingerprint density at radius 1 is 1.25 bits per heavy atom. The van der Waals surface area contributed by atoms with Crippen LogP contribution in [-0.4, -0.2) is 24.6 Å². The molecule has 1 unspecified atom stereocenters. The third-order valence-corrected chi connectivity index (χ3v) is 3.98. The highest BCUT2D eigenvalue weighted by Gasteiger charge is 2.23. The second-order valence-electron chi connectivity index (χ2n) is 5.77. The number of aliphatic imine (C=N–C) groups is 1. The third-order valence-electron chi connectivity index (χ3n) is 3.98. The number of rotatable bonds is 3. The number of carbonyl (C=O) groups excluding carboxylic acids is 2. The van der Waals surface area contributed by atoms with Crippen molar-refractivity contribution < 1.29 is 14.3 Å². The molecule has 24 heavy (non-hydrogen) atoms. The first-order chi connectivity index (χ1) is 11.5. The number of carbonyl (C=O) groups is 2. The van der Waals surface area contributed by atoms with Crippen LogP contribution in [0, 0.1) is 5.92 Å². The fourth-order valence-corrected chi connectivity index (χ4v) is 2.75. The number of amides is 2. The molecule has 1 atom stereocenters. The van der Waals surface area contributed by atoms with E-state index in [0.29, 0.717) is 5.71 Å². The van der Waals surface area contributed by atoms with Crippen LogP contribution >= 0.6 is 0 Å². The summed E-state index contributed by atoms with van der Waals surface area (Å²) in [6, 6.07) is 7.32. The summed E-state index contributed by atoms with van der Waals surface area (Å²) in [7, 11) is 1.60. The minimum Gasteiger partial charge on any atom is -0.497 e. The molecule has 1 aliphatic carbocycles. The lowest BCUT2D eigenvalue weighted by atomic mass is 9.89. The summed E-state index contributed by atoms with van der Waals surface area (Å²) in [4.78, 5) is 27.9. The maximum absolute atomic E-state index is 12.1. The Morgan fingerprint density at radius 2 is 2.00 bits per heavy atom. The number of nitrogens with one attached hydrogen (secondary N) is 1. The molecular formula is C19H18N2O3. The van der Waals surface area contributed by atoms with Crippen LogP contribution in [-0.2, 0) is 16.0 Å². The summed E-state index contributed by atoms with van der Waals surface area (Å²) in [5, 5.41) is 2.80. The fraction of sp³-hybridized carbons (Fsp3) is 0.211. The monoisotopic (exact) mass is 322 g/mol. The van der Waals surface area contributed by atoms with Gasteiger partial charge < -0.3 is 10.1 Å². The minimum atomic E-state index is -0.232. The molecule has 5 heteroatoms. The number of ether oxygens (including phenoxy) is 1. The zero-order valence-corrected chi connectivity index (χ0v) is 13.6. The predicted molar refractivity (Wildman–Crippen MR) is 91.8 cm³/mol. The lowest BCUT2D eigenvalue weighted by molar-refractivity contribution is -0.117. The molecule has 1 heterocycles. The van der Waals surface area contributed by atoms with Crippen molar-refractivity contribution in [2.75, 3.05) is 7.11 Å². The van der Waals surface area contributed by atoms with E-state index < -0.39 is 0 Å². The van der Waals surface area contributed by atoms with Crippen LogP contribution < -0.4 is 10.1 Å². The van der Waals surface area contributed by atoms with E-state index in [9.17, 15) is 9.59 Å². The molecular weight excluding hydrogens is 304 g/mol. The molecule has 0 saturated heterocycles. The molecule has 5 nitrogen and oxygen atoms in total. The average molecular weight is 322 g/mol. The number of methoxy groups -OCH3 is 1. The summed E-state index contributed by atoms with van der Waals surface area (Å²) in [5.74, 6) is 0.428. The minimum absolute atomic E-state index is 0.0540. The van der Waals surface area contributed by atoms with Crippen LogP contribution in [0.2, 0.25) is 0 Å². The molecule has 2 aliphatic rings. The summed E-state index contributed by atoms with van der Waals surface area (Å²) < 4.78 is 5.09. The molecule has 0 radical (unpaired) electrons. The van der Waals surface area contributed by atoms with Gasteiger partial charge in [0.05, 0.1) is 19.2 Å². The zero-order valence-electron chi connectivity index (χ0n) is 13.6. The van der Waals surface area contributed by atoms with E-state index in [-0.39, 0.29) is 24.2 Å². The smallest absolute Gasteiger partial charge is 0.250 e. The van der Waals surface area contributed by atoms with E-state index in [2.05, 4.69) is 10.3 Å². The lowest BCUT2D eigenvalue weighted by Crippen LogP contribution is -2.32. The van der Waals surface area contributed by atoms with Crippen molar-refractivity contribution in [3.8, 4) is 5.75 Å². The van der Waals surface area contributed by atoms with Gasteiger partial charge in [0.1, 0.15) is 5.75 Å². The maximum atomic E-state index is 12.1. The van der Waals surface area contributed by atoms with Crippen LogP contribution in [0.15, 0.2) is 64.8 Å². The van der Waals surface area contributed by atoms with E-state index in [0.717, 1.165) is 22.6 Å². The maximum Gasteiger partial charge on any atom is 0.250 e. The van der Waals surface area contributed by atoms with Crippen molar-refractivity contribution in [1.82, 2.24) is 5.32 Å². The topological polar surface area (TPSA) is 67.8 Å². The van der Waals surface area contributed by atoms with Crippen molar-refractivity contribution >= 4 is 17.5 Å². The van der Waals surface area contributed by atoms with Crippen LogP contribution in [0.4, 0.5) is 0 Å². The van der Waals surface area contributed by atoms with Gasteiger partial charge >= 0.3 is 0 Å². The molecule has 0 aromatic heterocycles. The van der Waals surface area contributed by atoms with Gasteiger partial charge in [0, 0.05) is 17.7 Å². The van der Waals surface area contributed by atoms with Crippen LogP contribution in [0.5, 0.6) is 5.75 Å². The van der Waals surface area contributed by atoms with Gasteiger partial charge in [0.15, 0.2) is 0 Å². The van der Waals surface area contributed by atoms with Gasteiger partial charge in [-0.2, -0.15) is 0 Å². The summed E-state index contributed by atoms with van der Waals surface area (Å²) in [6.07, 6.45) is 7.32. The van der Waals surface area contributed by atoms with Gasteiger partial charge in [-0.15, -0.1) is 0 Å². The van der Waals surface area contributed by atoms with Crippen molar-refractivity contribution in [1.29, 1.82) is 0 Å². The summed E-state index contributed by atoms with van der Waals surface area (Å²) in [6.45, 7) is 1.92. The van der Waals surface area contributed by atoms with Crippen LogP contribution in [0.1, 0.15) is 12.5 Å². The molecule has 0 bridgehead atoms. The fourth-order valence-electron chi connectivity index (χ4n) is 2.75. The highest BCUT2D eigenvalue weighted by atomic mass is 16.5.